The molecule has 0 aromatic carbocycles. The van der Waals surface area contributed by atoms with Crippen LogP contribution >= 0.6 is 27.3 Å². The van der Waals surface area contributed by atoms with Crippen molar-refractivity contribution in [2.45, 2.75) is 32.9 Å². The minimum atomic E-state index is 0.307. The first-order chi connectivity index (χ1) is 12.0. The number of halogens is 1. The van der Waals surface area contributed by atoms with Crippen molar-refractivity contribution in [3.63, 3.8) is 0 Å². The first kappa shape index (κ1) is 17.9. The molecule has 0 aliphatic carbocycles. The molecule has 0 fully saturated rings. The van der Waals surface area contributed by atoms with Gasteiger partial charge in [-0.1, -0.05) is 0 Å². The zero-order valence-corrected chi connectivity index (χ0v) is 17.0. The summed E-state index contributed by atoms with van der Waals surface area (Å²) in [6.45, 7) is 4.94. The van der Waals surface area contributed by atoms with E-state index in [2.05, 4.69) is 62.5 Å². The molecule has 0 aliphatic heterocycles. The molecule has 0 spiro atoms. The van der Waals surface area contributed by atoms with Crippen LogP contribution in [0.3, 0.4) is 0 Å². The molecule has 0 saturated carbocycles. The van der Waals surface area contributed by atoms with E-state index in [0.29, 0.717) is 12.6 Å². The molecule has 5 nitrogen and oxygen atoms in total. The van der Waals surface area contributed by atoms with E-state index in [0.717, 1.165) is 28.2 Å². The molecule has 3 rings (SSSR count). The molecular formula is C18H22BrN5S. The second kappa shape index (κ2) is 8.01. The fraction of sp³-hybridized carbons (Fsp3) is 0.333. The van der Waals surface area contributed by atoms with Crippen molar-refractivity contribution in [3.05, 3.63) is 56.6 Å². The molecule has 0 saturated heterocycles. The van der Waals surface area contributed by atoms with Gasteiger partial charge in [0.1, 0.15) is 5.65 Å². The number of aryl methyl sites for hydroxylation is 1. The summed E-state index contributed by atoms with van der Waals surface area (Å²) in [5, 5.41) is 6.78. The molecule has 1 unspecified atom stereocenters. The predicted molar refractivity (Wildman–Crippen MR) is 108 cm³/mol. The third kappa shape index (κ3) is 4.83. The zero-order valence-electron chi connectivity index (χ0n) is 14.6. The number of rotatable bonds is 5. The molecule has 132 valence electrons. The molecule has 3 heterocycles. The normalized spacial score (nSPS) is 13.2. The molecule has 2 N–H and O–H groups in total. The molecule has 0 aliphatic rings. The number of nitrogens with one attached hydrogen (secondary N) is 2. The number of aromatic nitrogens is 2. The first-order valence-corrected chi connectivity index (χ1v) is 9.80. The van der Waals surface area contributed by atoms with E-state index in [9.17, 15) is 0 Å². The average Bonchev–Trinajstić information content (AvgIpc) is 3.16. The Balaban J connectivity index is 1.56. The van der Waals surface area contributed by atoms with Gasteiger partial charge in [0.25, 0.3) is 0 Å². The highest BCUT2D eigenvalue weighted by Crippen LogP contribution is 2.16. The maximum absolute atomic E-state index is 4.61. The van der Waals surface area contributed by atoms with Crippen LogP contribution in [0.5, 0.6) is 0 Å². The molecule has 0 radical (unpaired) electrons. The molecule has 7 heteroatoms. The van der Waals surface area contributed by atoms with Crippen LogP contribution in [0, 0.1) is 6.92 Å². The number of aliphatic imine (C=N–C) groups is 1. The highest BCUT2D eigenvalue weighted by atomic mass is 79.9. The van der Waals surface area contributed by atoms with Gasteiger partial charge in [0.15, 0.2) is 5.96 Å². The minimum Gasteiger partial charge on any atom is -0.354 e. The van der Waals surface area contributed by atoms with Gasteiger partial charge < -0.3 is 15.0 Å². The van der Waals surface area contributed by atoms with Crippen molar-refractivity contribution in [3.8, 4) is 0 Å². The van der Waals surface area contributed by atoms with Crippen molar-refractivity contribution >= 4 is 38.9 Å². The highest BCUT2D eigenvalue weighted by molar-refractivity contribution is 9.10. The second-order valence-electron chi connectivity index (χ2n) is 6.03. The van der Waals surface area contributed by atoms with Gasteiger partial charge in [0.2, 0.25) is 0 Å². The Kier molecular flexibility index (Phi) is 5.75. The van der Waals surface area contributed by atoms with Crippen LogP contribution < -0.4 is 10.6 Å². The van der Waals surface area contributed by atoms with Gasteiger partial charge in [-0.15, -0.1) is 11.3 Å². The lowest BCUT2D eigenvalue weighted by atomic mass is 10.2. The van der Waals surface area contributed by atoms with Gasteiger partial charge in [-0.3, -0.25) is 4.99 Å². The average molecular weight is 420 g/mol. The van der Waals surface area contributed by atoms with E-state index in [1.807, 2.05) is 40.3 Å². The third-order valence-electron chi connectivity index (χ3n) is 3.81. The van der Waals surface area contributed by atoms with Crippen molar-refractivity contribution in [2.24, 2.45) is 4.99 Å². The van der Waals surface area contributed by atoms with Crippen molar-refractivity contribution in [1.82, 2.24) is 20.0 Å². The Morgan fingerprint density at radius 2 is 2.16 bits per heavy atom. The lowest BCUT2D eigenvalue weighted by Gasteiger charge is -2.17. The van der Waals surface area contributed by atoms with Crippen LogP contribution in [0.4, 0.5) is 0 Å². The van der Waals surface area contributed by atoms with E-state index in [1.165, 1.54) is 9.75 Å². The Morgan fingerprint density at radius 3 is 2.88 bits per heavy atom. The van der Waals surface area contributed by atoms with Crippen LogP contribution in [-0.2, 0) is 13.0 Å². The van der Waals surface area contributed by atoms with Crippen LogP contribution in [-0.4, -0.2) is 28.4 Å². The van der Waals surface area contributed by atoms with Crippen LogP contribution in [0.2, 0.25) is 0 Å². The smallest absolute Gasteiger partial charge is 0.191 e. The van der Waals surface area contributed by atoms with Crippen LogP contribution in [0.15, 0.2) is 46.1 Å². The van der Waals surface area contributed by atoms with E-state index >= 15 is 0 Å². The lowest BCUT2D eigenvalue weighted by Crippen LogP contribution is -2.42. The standard InChI is InChI=1S/C18H22BrN5S/c1-12(8-16-6-4-13(2)25-16)22-18(20-3)21-9-15-11-24-10-14(19)5-7-17(24)23-15/h4-7,10-12H,8-9H2,1-3H3,(H2,20,21,22). The zero-order chi connectivity index (χ0) is 17.8. The molecule has 0 bridgehead atoms. The maximum atomic E-state index is 4.61. The number of nitrogens with zero attached hydrogens (tertiary/aromatic N) is 3. The van der Waals surface area contributed by atoms with E-state index < -0.39 is 0 Å². The summed E-state index contributed by atoms with van der Waals surface area (Å²) >= 11 is 5.33. The van der Waals surface area contributed by atoms with E-state index in [-0.39, 0.29) is 0 Å². The minimum absolute atomic E-state index is 0.307. The largest absolute Gasteiger partial charge is 0.354 e. The predicted octanol–water partition coefficient (Wildman–Crippen LogP) is 3.76. The van der Waals surface area contributed by atoms with Gasteiger partial charge in [-0.05, 0) is 54.0 Å². The molecule has 1 atom stereocenters. The number of fused-ring (bicyclic) bond motifs is 1. The van der Waals surface area contributed by atoms with Gasteiger partial charge in [-0.25, -0.2) is 4.98 Å². The SMILES string of the molecule is CN=C(NCc1cn2cc(Br)ccc2n1)NC(C)Cc1ccc(C)s1. The lowest BCUT2D eigenvalue weighted by molar-refractivity contribution is 0.644. The number of pyridine rings is 1. The Hall–Kier alpha value is -1.86. The summed E-state index contributed by atoms with van der Waals surface area (Å²) in [6.07, 6.45) is 5.02. The maximum Gasteiger partial charge on any atom is 0.191 e. The number of hydrogen-bond acceptors (Lipinski definition) is 3. The highest BCUT2D eigenvalue weighted by Gasteiger charge is 2.09. The summed E-state index contributed by atoms with van der Waals surface area (Å²) in [5.41, 5.74) is 1.91. The molecule has 25 heavy (non-hydrogen) atoms. The number of hydrogen-bond donors (Lipinski definition) is 2. The van der Waals surface area contributed by atoms with Crippen molar-refractivity contribution in [2.75, 3.05) is 7.05 Å². The van der Waals surface area contributed by atoms with E-state index in [4.69, 9.17) is 0 Å². The monoisotopic (exact) mass is 419 g/mol. The first-order valence-electron chi connectivity index (χ1n) is 8.19. The fourth-order valence-electron chi connectivity index (χ4n) is 2.65. The fourth-order valence-corrected chi connectivity index (χ4v) is 4.02. The summed E-state index contributed by atoms with van der Waals surface area (Å²) in [4.78, 5) is 11.7. The molecule has 3 aromatic heterocycles. The Bertz CT molecular complexity index is 883. The van der Waals surface area contributed by atoms with Gasteiger partial charge in [0.05, 0.1) is 12.2 Å². The van der Waals surface area contributed by atoms with Gasteiger partial charge >= 0.3 is 0 Å². The number of guanidine groups is 1. The van der Waals surface area contributed by atoms with Crippen molar-refractivity contribution in [1.29, 1.82) is 0 Å². The summed E-state index contributed by atoms with van der Waals surface area (Å²) in [7, 11) is 1.79. The Labute approximate surface area is 160 Å². The second-order valence-corrected chi connectivity index (χ2v) is 8.32. The van der Waals surface area contributed by atoms with Crippen LogP contribution in [0.25, 0.3) is 5.65 Å². The summed E-state index contributed by atoms with van der Waals surface area (Å²) in [6, 6.07) is 8.66. The number of imidazole rings is 1. The Morgan fingerprint density at radius 1 is 1.32 bits per heavy atom. The van der Waals surface area contributed by atoms with Crippen LogP contribution in [0.1, 0.15) is 22.4 Å². The molecule has 3 aromatic rings. The van der Waals surface area contributed by atoms with Crippen molar-refractivity contribution < 1.29 is 0 Å². The quantitative estimate of drug-likeness (QED) is 0.488. The number of thiophene rings is 1. The summed E-state index contributed by atoms with van der Waals surface area (Å²) in [5.74, 6) is 0.791. The van der Waals surface area contributed by atoms with Gasteiger partial charge in [-0.2, -0.15) is 0 Å². The third-order valence-corrected chi connectivity index (χ3v) is 5.30. The molecule has 0 amide bonds. The van der Waals surface area contributed by atoms with E-state index in [1.54, 1.807) is 7.05 Å². The summed E-state index contributed by atoms with van der Waals surface area (Å²) < 4.78 is 3.05. The topological polar surface area (TPSA) is 53.7 Å². The molecular weight excluding hydrogens is 398 g/mol. The van der Waals surface area contributed by atoms with Gasteiger partial charge in [0, 0.05) is 46.1 Å².